The molecule has 7 heteroatoms. The van der Waals surface area contributed by atoms with E-state index in [1.807, 2.05) is 14.0 Å². The minimum atomic E-state index is -0.189. The second-order valence-electron chi connectivity index (χ2n) is 5.12. The second-order valence-corrected chi connectivity index (χ2v) is 5.12. The Hall–Kier alpha value is -1.63. The highest BCUT2D eigenvalue weighted by Gasteiger charge is 2.34. The molecule has 18 heavy (non-hydrogen) atoms. The van der Waals surface area contributed by atoms with Crippen LogP contribution in [0.5, 0.6) is 0 Å². The number of oxime groups is 1. The Balaban J connectivity index is 1.93. The van der Waals surface area contributed by atoms with Crippen molar-refractivity contribution in [1.29, 1.82) is 0 Å². The van der Waals surface area contributed by atoms with Crippen LogP contribution in [0.2, 0.25) is 0 Å². The van der Waals surface area contributed by atoms with E-state index in [-0.39, 0.29) is 5.41 Å². The SMILES string of the molecule is Cn1ncnc1CN1CCC(C)(C(N)=NO)CC1. The van der Waals surface area contributed by atoms with E-state index in [9.17, 15) is 0 Å². The monoisotopic (exact) mass is 252 g/mol. The molecule has 3 N–H and O–H groups in total. The van der Waals surface area contributed by atoms with Crippen LogP contribution >= 0.6 is 0 Å². The van der Waals surface area contributed by atoms with Crippen molar-refractivity contribution in [3.63, 3.8) is 0 Å². The van der Waals surface area contributed by atoms with Gasteiger partial charge in [0.15, 0.2) is 0 Å². The smallest absolute Gasteiger partial charge is 0.145 e. The van der Waals surface area contributed by atoms with E-state index in [0.29, 0.717) is 5.84 Å². The molecule has 1 aliphatic heterocycles. The molecule has 0 amide bonds. The number of hydrogen-bond donors (Lipinski definition) is 2. The van der Waals surface area contributed by atoms with E-state index in [1.165, 1.54) is 0 Å². The largest absolute Gasteiger partial charge is 0.409 e. The Morgan fingerprint density at radius 2 is 2.22 bits per heavy atom. The molecule has 7 nitrogen and oxygen atoms in total. The molecule has 0 saturated carbocycles. The van der Waals surface area contributed by atoms with Gasteiger partial charge in [-0.15, -0.1) is 0 Å². The highest BCUT2D eigenvalue weighted by atomic mass is 16.4. The standard InChI is InChI=1S/C11H20N6O/c1-11(10(12)15-18)3-5-17(6-4-11)7-9-13-8-14-16(9)2/h8,18H,3-7H2,1-2H3,(H2,12,15). The van der Waals surface area contributed by atoms with Crippen LogP contribution in [0.4, 0.5) is 0 Å². The number of likely N-dealkylation sites (tertiary alicyclic amines) is 1. The Morgan fingerprint density at radius 1 is 1.56 bits per heavy atom. The summed E-state index contributed by atoms with van der Waals surface area (Å²) < 4.78 is 1.79. The summed E-state index contributed by atoms with van der Waals surface area (Å²) in [5, 5.41) is 16.0. The Bertz CT molecular complexity index is 432. The Kier molecular flexibility index (Phi) is 3.51. The van der Waals surface area contributed by atoms with Gasteiger partial charge in [0, 0.05) is 12.5 Å². The minimum absolute atomic E-state index is 0.189. The van der Waals surface area contributed by atoms with Crippen molar-refractivity contribution in [2.45, 2.75) is 26.3 Å². The zero-order chi connectivity index (χ0) is 13.2. The van der Waals surface area contributed by atoms with Gasteiger partial charge in [-0.1, -0.05) is 12.1 Å². The normalized spacial score (nSPS) is 21.1. The lowest BCUT2D eigenvalue weighted by Crippen LogP contribution is -2.45. The first-order valence-corrected chi connectivity index (χ1v) is 6.08. The number of rotatable bonds is 3. The lowest BCUT2D eigenvalue weighted by atomic mass is 9.79. The summed E-state index contributed by atoms with van der Waals surface area (Å²) in [5.74, 6) is 1.29. The van der Waals surface area contributed by atoms with Crippen LogP contribution < -0.4 is 5.73 Å². The van der Waals surface area contributed by atoms with Crippen molar-refractivity contribution in [2.24, 2.45) is 23.4 Å². The van der Waals surface area contributed by atoms with E-state index < -0.39 is 0 Å². The van der Waals surface area contributed by atoms with Crippen LogP contribution in [0.3, 0.4) is 0 Å². The van der Waals surface area contributed by atoms with Gasteiger partial charge in [-0.25, -0.2) is 4.98 Å². The van der Waals surface area contributed by atoms with Crippen LogP contribution in [0.15, 0.2) is 11.5 Å². The van der Waals surface area contributed by atoms with Crippen molar-refractivity contribution in [3.05, 3.63) is 12.2 Å². The molecule has 0 spiro atoms. The number of aryl methyl sites for hydroxylation is 1. The van der Waals surface area contributed by atoms with E-state index in [2.05, 4.69) is 20.1 Å². The van der Waals surface area contributed by atoms with Gasteiger partial charge in [-0.2, -0.15) is 5.10 Å². The quantitative estimate of drug-likeness (QED) is 0.346. The fourth-order valence-electron chi connectivity index (χ4n) is 2.24. The molecule has 100 valence electrons. The van der Waals surface area contributed by atoms with Crippen molar-refractivity contribution in [2.75, 3.05) is 13.1 Å². The molecule has 1 aromatic rings. The predicted octanol–water partition coefficient (Wildman–Crippen LogP) is 0.164. The first-order valence-electron chi connectivity index (χ1n) is 6.08. The highest BCUT2D eigenvalue weighted by Crippen LogP contribution is 2.31. The van der Waals surface area contributed by atoms with Gasteiger partial charge in [-0.05, 0) is 25.9 Å². The van der Waals surface area contributed by atoms with Gasteiger partial charge >= 0.3 is 0 Å². The van der Waals surface area contributed by atoms with E-state index in [1.54, 1.807) is 11.0 Å². The van der Waals surface area contributed by atoms with Gasteiger partial charge in [0.1, 0.15) is 18.0 Å². The molecule has 0 aliphatic carbocycles. The maximum atomic E-state index is 8.79. The summed E-state index contributed by atoms with van der Waals surface area (Å²) >= 11 is 0. The van der Waals surface area contributed by atoms with Crippen LogP contribution in [0.25, 0.3) is 0 Å². The maximum absolute atomic E-state index is 8.79. The fraction of sp³-hybridized carbons (Fsp3) is 0.727. The molecule has 0 atom stereocenters. The number of amidine groups is 1. The van der Waals surface area contributed by atoms with E-state index >= 15 is 0 Å². The molecule has 0 aromatic carbocycles. The number of piperidine rings is 1. The molecular weight excluding hydrogens is 232 g/mol. The van der Waals surface area contributed by atoms with Gasteiger partial charge in [0.2, 0.25) is 0 Å². The molecule has 0 unspecified atom stereocenters. The van der Waals surface area contributed by atoms with Crippen molar-refractivity contribution >= 4 is 5.84 Å². The Morgan fingerprint density at radius 3 is 2.72 bits per heavy atom. The zero-order valence-electron chi connectivity index (χ0n) is 10.9. The molecule has 1 aromatic heterocycles. The summed E-state index contributed by atoms with van der Waals surface area (Å²) in [6.07, 6.45) is 3.35. The number of nitrogens with zero attached hydrogens (tertiary/aromatic N) is 5. The lowest BCUT2D eigenvalue weighted by molar-refractivity contribution is 0.148. The molecule has 0 bridgehead atoms. The van der Waals surface area contributed by atoms with Gasteiger partial charge in [0.25, 0.3) is 0 Å². The molecule has 0 radical (unpaired) electrons. The van der Waals surface area contributed by atoms with Crippen molar-refractivity contribution in [1.82, 2.24) is 19.7 Å². The third kappa shape index (κ3) is 2.45. The van der Waals surface area contributed by atoms with E-state index in [0.717, 1.165) is 38.3 Å². The molecule has 2 rings (SSSR count). The third-order valence-corrected chi connectivity index (χ3v) is 3.86. The average molecular weight is 252 g/mol. The maximum Gasteiger partial charge on any atom is 0.145 e. The molecule has 1 saturated heterocycles. The summed E-state index contributed by atoms with van der Waals surface area (Å²) in [6, 6.07) is 0. The highest BCUT2D eigenvalue weighted by molar-refractivity contribution is 5.85. The van der Waals surface area contributed by atoms with Gasteiger partial charge < -0.3 is 10.9 Å². The van der Waals surface area contributed by atoms with E-state index in [4.69, 9.17) is 10.9 Å². The van der Waals surface area contributed by atoms with Crippen LogP contribution in [0, 0.1) is 5.41 Å². The average Bonchev–Trinajstić information content (AvgIpc) is 2.77. The first kappa shape index (κ1) is 12.8. The van der Waals surface area contributed by atoms with Crippen LogP contribution in [-0.4, -0.2) is 43.8 Å². The fourth-order valence-corrected chi connectivity index (χ4v) is 2.24. The predicted molar refractivity (Wildman–Crippen MR) is 67.0 cm³/mol. The van der Waals surface area contributed by atoms with Gasteiger partial charge in [0.05, 0.1) is 6.54 Å². The van der Waals surface area contributed by atoms with Crippen molar-refractivity contribution in [3.8, 4) is 0 Å². The van der Waals surface area contributed by atoms with Crippen LogP contribution in [-0.2, 0) is 13.6 Å². The van der Waals surface area contributed by atoms with Gasteiger partial charge in [-0.3, -0.25) is 9.58 Å². The molecular formula is C11H20N6O. The third-order valence-electron chi connectivity index (χ3n) is 3.86. The summed E-state index contributed by atoms with van der Waals surface area (Å²) in [5.41, 5.74) is 5.55. The summed E-state index contributed by atoms with van der Waals surface area (Å²) in [4.78, 5) is 6.54. The zero-order valence-corrected chi connectivity index (χ0v) is 10.9. The molecule has 2 heterocycles. The number of hydrogen-bond acceptors (Lipinski definition) is 5. The number of nitrogens with two attached hydrogens (primary N) is 1. The van der Waals surface area contributed by atoms with Crippen LogP contribution in [0.1, 0.15) is 25.6 Å². The van der Waals surface area contributed by atoms with Crippen molar-refractivity contribution < 1.29 is 5.21 Å². The lowest BCUT2D eigenvalue weighted by Gasteiger charge is -2.38. The minimum Gasteiger partial charge on any atom is -0.409 e. The molecule has 1 fully saturated rings. The first-order chi connectivity index (χ1) is 8.55. The topological polar surface area (TPSA) is 92.6 Å². The molecule has 1 aliphatic rings. The summed E-state index contributed by atoms with van der Waals surface area (Å²) in [6.45, 7) is 4.67. The second kappa shape index (κ2) is 4.93. The summed E-state index contributed by atoms with van der Waals surface area (Å²) in [7, 11) is 1.90. The number of aromatic nitrogens is 3. The Labute approximate surface area is 106 Å².